The van der Waals surface area contributed by atoms with Gasteiger partial charge in [-0.1, -0.05) is 32.6 Å². The highest BCUT2D eigenvalue weighted by Gasteiger charge is 2.34. The summed E-state index contributed by atoms with van der Waals surface area (Å²) in [5, 5.41) is 0. The number of benzene rings is 2. The lowest BCUT2D eigenvalue weighted by molar-refractivity contribution is -0.183. The fourth-order valence-corrected chi connectivity index (χ4v) is 4.16. The maximum Gasteiger partial charge on any atom is 0.409 e. The molecule has 1 nitrogen and oxygen atoms in total. The Kier molecular flexibility index (Phi) is 8.11. The Hall–Kier alpha value is -2.65. The Morgan fingerprint density at radius 1 is 0.829 bits per heavy atom. The highest BCUT2D eigenvalue weighted by Crippen LogP contribution is 2.37. The molecule has 0 saturated heterocycles. The third-order valence-electron chi connectivity index (χ3n) is 6.07. The van der Waals surface area contributed by atoms with Crippen molar-refractivity contribution in [3.05, 3.63) is 59.2 Å². The molecule has 0 radical (unpaired) electrons. The van der Waals surface area contributed by atoms with Gasteiger partial charge in [-0.15, -0.1) is 0 Å². The Bertz CT molecular complexity index is 1020. The Morgan fingerprint density at radius 3 is 1.89 bits per heavy atom. The molecule has 1 aliphatic carbocycles. The van der Waals surface area contributed by atoms with E-state index in [0.29, 0.717) is 30.2 Å². The van der Waals surface area contributed by atoms with Gasteiger partial charge in [0.15, 0.2) is 0 Å². The van der Waals surface area contributed by atoms with Gasteiger partial charge in [0.1, 0.15) is 29.0 Å². The molecule has 35 heavy (non-hydrogen) atoms. The van der Waals surface area contributed by atoms with Crippen LogP contribution in [-0.2, 0) is 0 Å². The predicted octanol–water partition coefficient (Wildman–Crippen LogP) is 9.06. The van der Waals surface area contributed by atoms with Crippen LogP contribution in [0.4, 0.5) is 39.5 Å². The van der Waals surface area contributed by atoms with E-state index in [1.165, 1.54) is 0 Å². The first-order valence-electron chi connectivity index (χ1n) is 11.1. The molecule has 0 amide bonds. The molecule has 10 heteroatoms. The summed E-state index contributed by atoms with van der Waals surface area (Å²) in [6.07, 6.45) is -5.65. The highest BCUT2D eigenvalue weighted by molar-refractivity contribution is 5.68. The van der Waals surface area contributed by atoms with Crippen LogP contribution in [0.1, 0.15) is 51.0 Å². The first-order valence-corrected chi connectivity index (χ1v) is 11.1. The third-order valence-corrected chi connectivity index (χ3v) is 6.07. The van der Waals surface area contributed by atoms with Crippen LogP contribution in [-0.4, -0.2) is 12.3 Å². The summed E-state index contributed by atoms with van der Waals surface area (Å²) in [5.74, 6) is -6.00. The summed E-state index contributed by atoms with van der Waals surface area (Å²) in [7, 11) is 0. The lowest BCUT2D eigenvalue weighted by Crippen LogP contribution is -2.26. The summed E-state index contributed by atoms with van der Waals surface area (Å²) in [6.45, 7) is 2.10. The number of ether oxygens (including phenoxy) is 1. The zero-order valence-electron chi connectivity index (χ0n) is 18.7. The monoisotopic (exact) mass is 510 g/mol. The molecule has 1 fully saturated rings. The lowest BCUT2D eigenvalue weighted by Gasteiger charge is -2.27. The molecule has 0 heterocycles. The average Bonchev–Trinajstić information content (AvgIpc) is 2.71. The van der Waals surface area contributed by atoms with E-state index in [9.17, 15) is 39.5 Å². The van der Waals surface area contributed by atoms with Crippen molar-refractivity contribution in [1.82, 2.24) is 0 Å². The summed E-state index contributed by atoms with van der Waals surface area (Å²) < 4.78 is 127. The van der Waals surface area contributed by atoms with Crippen molar-refractivity contribution in [1.29, 1.82) is 0 Å². The SMILES string of the molecule is CC1CCC(CCC(F)(F)Oc2cc(F)c(-c3cc(F)c(/C=C/C(F)(F)F)c(F)c3)c(F)c2)CC1. The van der Waals surface area contributed by atoms with Gasteiger partial charge in [0.05, 0.1) is 12.0 Å². The van der Waals surface area contributed by atoms with Gasteiger partial charge in [-0.05, 0) is 42.0 Å². The van der Waals surface area contributed by atoms with Crippen LogP contribution in [0, 0.1) is 35.1 Å². The number of allylic oxidation sites excluding steroid dienone is 1. The first kappa shape index (κ1) is 26.9. The Balaban J connectivity index is 1.76. The minimum absolute atomic E-state index is 0.121. The quantitative estimate of drug-likeness (QED) is 0.338. The van der Waals surface area contributed by atoms with E-state index in [-0.39, 0.29) is 18.4 Å². The van der Waals surface area contributed by atoms with Crippen LogP contribution in [0.3, 0.4) is 0 Å². The minimum Gasteiger partial charge on any atom is -0.432 e. The molecular weight excluding hydrogens is 487 g/mol. The lowest BCUT2D eigenvalue weighted by atomic mass is 9.81. The summed E-state index contributed by atoms with van der Waals surface area (Å²) in [5.41, 5.74) is -2.66. The fourth-order valence-electron chi connectivity index (χ4n) is 4.16. The molecule has 0 N–H and O–H groups in total. The van der Waals surface area contributed by atoms with Crippen LogP contribution >= 0.6 is 0 Å². The summed E-state index contributed by atoms with van der Waals surface area (Å²) in [4.78, 5) is 0. The van der Waals surface area contributed by atoms with Crippen molar-refractivity contribution in [2.24, 2.45) is 11.8 Å². The molecule has 2 aromatic rings. The normalized spacial score (nSPS) is 19.4. The highest BCUT2D eigenvalue weighted by atomic mass is 19.4. The molecule has 3 rings (SSSR count). The average molecular weight is 510 g/mol. The van der Waals surface area contributed by atoms with Crippen LogP contribution in [0.5, 0.6) is 5.75 Å². The first-order chi connectivity index (χ1) is 16.2. The molecule has 2 aromatic carbocycles. The zero-order valence-corrected chi connectivity index (χ0v) is 18.7. The van der Waals surface area contributed by atoms with Gasteiger partial charge in [-0.25, -0.2) is 17.6 Å². The number of halogens is 9. The number of hydrogen-bond acceptors (Lipinski definition) is 1. The van der Waals surface area contributed by atoms with E-state index in [1.54, 1.807) is 0 Å². The van der Waals surface area contributed by atoms with E-state index in [1.807, 2.05) is 0 Å². The smallest absolute Gasteiger partial charge is 0.409 e. The Labute approximate surface area is 196 Å². The third kappa shape index (κ3) is 7.41. The van der Waals surface area contributed by atoms with Crippen molar-refractivity contribution in [3.8, 4) is 16.9 Å². The molecule has 1 saturated carbocycles. The maximum absolute atomic E-state index is 14.6. The molecule has 0 aliphatic heterocycles. The Morgan fingerprint density at radius 2 is 1.37 bits per heavy atom. The second-order valence-corrected chi connectivity index (χ2v) is 8.89. The van der Waals surface area contributed by atoms with Crippen LogP contribution in [0.2, 0.25) is 0 Å². The van der Waals surface area contributed by atoms with Crippen LogP contribution in [0.15, 0.2) is 30.3 Å². The summed E-state index contributed by atoms with van der Waals surface area (Å²) in [6, 6.07) is 1.81. The molecule has 1 aliphatic rings. The van der Waals surface area contributed by atoms with Crippen molar-refractivity contribution < 1.29 is 44.3 Å². The van der Waals surface area contributed by atoms with Crippen molar-refractivity contribution in [2.45, 2.75) is 57.7 Å². The van der Waals surface area contributed by atoms with Crippen molar-refractivity contribution >= 4 is 6.08 Å². The maximum atomic E-state index is 14.6. The number of rotatable bonds is 7. The van der Waals surface area contributed by atoms with E-state index in [0.717, 1.165) is 25.7 Å². The molecular formula is C25H23F9O. The van der Waals surface area contributed by atoms with Crippen LogP contribution < -0.4 is 4.74 Å². The molecule has 0 bridgehead atoms. The number of hydrogen-bond donors (Lipinski definition) is 0. The van der Waals surface area contributed by atoms with Crippen molar-refractivity contribution in [3.63, 3.8) is 0 Å². The molecule has 0 aromatic heterocycles. The van der Waals surface area contributed by atoms with Gasteiger partial charge in [0, 0.05) is 23.8 Å². The molecule has 0 spiro atoms. The second kappa shape index (κ2) is 10.5. The van der Waals surface area contributed by atoms with Gasteiger partial charge in [0.2, 0.25) is 0 Å². The largest absolute Gasteiger partial charge is 0.432 e. The minimum atomic E-state index is -4.83. The second-order valence-electron chi connectivity index (χ2n) is 8.89. The molecule has 192 valence electrons. The van der Waals surface area contributed by atoms with Gasteiger partial charge < -0.3 is 4.74 Å². The van der Waals surface area contributed by atoms with Gasteiger partial charge in [-0.2, -0.15) is 22.0 Å². The van der Waals surface area contributed by atoms with E-state index >= 15 is 0 Å². The van der Waals surface area contributed by atoms with Gasteiger partial charge >= 0.3 is 12.3 Å². The summed E-state index contributed by atoms with van der Waals surface area (Å²) >= 11 is 0. The topological polar surface area (TPSA) is 9.23 Å². The predicted molar refractivity (Wildman–Crippen MR) is 113 cm³/mol. The van der Waals surface area contributed by atoms with Gasteiger partial charge in [-0.3, -0.25) is 0 Å². The van der Waals surface area contributed by atoms with Crippen molar-refractivity contribution in [2.75, 3.05) is 0 Å². The fraction of sp³-hybridized carbons (Fsp3) is 0.440. The van der Waals surface area contributed by atoms with E-state index in [2.05, 4.69) is 11.7 Å². The number of alkyl halides is 5. The van der Waals surface area contributed by atoms with E-state index < -0.39 is 70.5 Å². The standard InChI is InChI=1S/C25H23F9O/c1-14-2-4-15(5-3-14)6-9-25(33,34)35-17-12-21(28)23(22(29)13-17)16-10-19(26)18(20(27)11-16)7-8-24(30,31)32/h7-8,10-15H,2-6,9H2,1H3/b8-7+. The molecule has 0 unspecified atom stereocenters. The van der Waals surface area contributed by atoms with E-state index in [4.69, 9.17) is 0 Å². The zero-order chi connectivity index (χ0) is 26.0. The van der Waals surface area contributed by atoms with Crippen LogP contribution in [0.25, 0.3) is 17.2 Å². The molecule has 0 atom stereocenters. The van der Waals surface area contributed by atoms with Gasteiger partial charge in [0.25, 0.3) is 0 Å².